The highest BCUT2D eigenvalue weighted by molar-refractivity contribution is 5.94. The molecule has 2 aromatic heterocycles. The predicted octanol–water partition coefficient (Wildman–Crippen LogP) is 2.89. The van der Waals surface area contributed by atoms with E-state index in [1.54, 1.807) is 19.5 Å². The first-order valence-corrected chi connectivity index (χ1v) is 11.1. The maximum Gasteiger partial charge on any atom is 0.490 e. The van der Waals surface area contributed by atoms with E-state index < -0.39 is 12.1 Å². The molecule has 1 aliphatic heterocycles. The molecule has 2 N–H and O–H groups in total. The number of anilines is 1. The van der Waals surface area contributed by atoms with Crippen molar-refractivity contribution in [3.8, 4) is 16.9 Å². The summed E-state index contributed by atoms with van der Waals surface area (Å²) in [6.07, 6.45) is 0.415. The lowest BCUT2D eigenvalue weighted by Crippen LogP contribution is -2.37. The van der Waals surface area contributed by atoms with Gasteiger partial charge in [0, 0.05) is 62.0 Å². The number of carbonyl (C=O) groups is 2. The van der Waals surface area contributed by atoms with Crippen molar-refractivity contribution in [2.45, 2.75) is 12.7 Å². The van der Waals surface area contributed by atoms with Crippen molar-refractivity contribution in [2.75, 3.05) is 38.3 Å². The molecule has 0 saturated carbocycles. The zero-order valence-electron chi connectivity index (χ0n) is 20.2. The normalized spacial score (nSPS) is 13.4. The number of carboxylic acid groups (broad SMARTS) is 1. The molecule has 13 heteroatoms. The first kappa shape index (κ1) is 27.5. The van der Waals surface area contributed by atoms with E-state index in [1.807, 2.05) is 48.1 Å². The van der Waals surface area contributed by atoms with Crippen LogP contribution >= 0.6 is 0 Å². The molecule has 1 aliphatic rings. The first-order chi connectivity index (χ1) is 17.6. The largest absolute Gasteiger partial charge is 0.496 e. The first-order valence-electron chi connectivity index (χ1n) is 11.1. The average Bonchev–Trinajstić information content (AvgIpc) is 3.29. The quantitative estimate of drug-likeness (QED) is 0.509. The van der Waals surface area contributed by atoms with Crippen molar-refractivity contribution in [3.63, 3.8) is 0 Å². The van der Waals surface area contributed by atoms with E-state index in [9.17, 15) is 18.0 Å². The number of benzene rings is 1. The molecule has 4 rings (SSSR count). The van der Waals surface area contributed by atoms with Crippen LogP contribution in [0.5, 0.6) is 5.75 Å². The minimum absolute atomic E-state index is 0.152. The van der Waals surface area contributed by atoms with E-state index in [-0.39, 0.29) is 5.91 Å². The van der Waals surface area contributed by atoms with Crippen molar-refractivity contribution in [2.24, 2.45) is 7.05 Å². The fourth-order valence-corrected chi connectivity index (χ4v) is 3.46. The molecule has 0 radical (unpaired) electrons. The van der Waals surface area contributed by atoms with Gasteiger partial charge in [-0.3, -0.25) is 4.79 Å². The van der Waals surface area contributed by atoms with Crippen LogP contribution in [0.25, 0.3) is 11.1 Å². The van der Waals surface area contributed by atoms with Gasteiger partial charge in [-0.25, -0.2) is 14.8 Å². The summed E-state index contributed by atoms with van der Waals surface area (Å²) in [7, 11) is 3.47. The van der Waals surface area contributed by atoms with Gasteiger partial charge < -0.3 is 29.4 Å². The monoisotopic (exact) mass is 521 g/mol. The van der Waals surface area contributed by atoms with Gasteiger partial charge >= 0.3 is 12.1 Å². The molecule has 3 heterocycles. The summed E-state index contributed by atoms with van der Waals surface area (Å²) >= 11 is 0. The molecule has 0 unspecified atom stereocenters. The molecule has 3 aromatic rings. The molecule has 0 aliphatic carbocycles. The lowest BCUT2D eigenvalue weighted by atomic mass is 10.2. The van der Waals surface area contributed by atoms with Gasteiger partial charge in [0.25, 0.3) is 5.91 Å². The number of morpholine rings is 1. The number of alkyl halides is 3. The maximum atomic E-state index is 12.7. The number of hydrogen-bond acceptors (Lipinski definition) is 7. The van der Waals surface area contributed by atoms with Crippen molar-refractivity contribution in [1.29, 1.82) is 0 Å². The van der Waals surface area contributed by atoms with Gasteiger partial charge in [-0.15, -0.1) is 0 Å². The Balaban J connectivity index is 0.000000479. The molecular formula is C24H26F3N5O5. The fourth-order valence-electron chi connectivity index (χ4n) is 3.46. The van der Waals surface area contributed by atoms with Gasteiger partial charge in [-0.2, -0.15) is 13.2 Å². The van der Waals surface area contributed by atoms with Crippen molar-refractivity contribution >= 4 is 17.8 Å². The summed E-state index contributed by atoms with van der Waals surface area (Å²) in [6, 6.07) is 9.49. The average molecular weight is 521 g/mol. The van der Waals surface area contributed by atoms with Crippen molar-refractivity contribution in [3.05, 3.63) is 60.2 Å². The number of carbonyl (C=O) groups excluding carboxylic acids is 1. The van der Waals surface area contributed by atoms with Crippen LogP contribution in [-0.4, -0.2) is 71.1 Å². The Kier molecular flexibility index (Phi) is 9.06. The molecular weight excluding hydrogens is 495 g/mol. The number of amides is 1. The highest BCUT2D eigenvalue weighted by Gasteiger charge is 2.38. The van der Waals surface area contributed by atoms with Crippen molar-refractivity contribution in [1.82, 2.24) is 19.9 Å². The van der Waals surface area contributed by atoms with E-state index in [4.69, 9.17) is 19.4 Å². The molecule has 1 fully saturated rings. The second kappa shape index (κ2) is 12.2. The summed E-state index contributed by atoms with van der Waals surface area (Å²) in [5.74, 6) is -1.45. The highest BCUT2D eigenvalue weighted by atomic mass is 19.4. The van der Waals surface area contributed by atoms with Gasteiger partial charge in [0.2, 0.25) is 5.95 Å². The third kappa shape index (κ3) is 7.43. The minimum Gasteiger partial charge on any atom is -0.496 e. The fraction of sp³-hybridized carbons (Fsp3) is 0.333. The number of nitrogens with zero attached hydrogens (tertiary/aromatic N) is 4. The number of aliphatic carboxylic acids is 1. The Bertz CT molecular complexity index is 1210. The number of methoxy groups -OCH3 is 1. The lowest BCUT2D eigenvalue weighted by Gasteiger charge is -2.26. The van der Waals surface area contributed by atoms with Crippen LogP contribution in [-0.2, 0) is 23.1 Å². The molecule has 0 spiro atoms. The molecule has 198 valence electrons. The second-order valence-electron chi connectivity index (χ2n) is 7.89. The van der Waals surface area contributed by atoms with Crippen LogP contribution in [0.15, 0.2) is 48.9 Å². The second-order valence-corrected chi connectivity index (χ2v) is 7.89. The molecule has 10 nitrogen and oxygen atoms in total. The topological polar surface area (TPSA) is 119 Å². The third-order valence-electron chi connectivity index (χ3n) is 5.38. The Morgan fingerprint density at radius 1 is 1.14 bits per heavy atom. The van der Waals surface area contributed by atoms with Crippen LogP contribution in [0.2, 0.25) is 0 Å². The van der Waals surface area contributed by atoms with E-state index >= 15 is 0 Å². The molecule has 0 atom stereocenters. The summed E-state index contributed by atoms with van der Waals surface area (Å²) in [6.45, 7) is 3.36. The Morgan fingerprint density at radius 2 is 1.76 bits per heavy atom. The molecule has 1 aromatic carbocycles. The van der Waals surface area contributed by atoms with E-state index in [0.29, 0.717) is 31.4 Å². The lowest BCUT2D eigenvalue weighted by molar-refractivity contribution is -0.192. The van der Waals surface area contributed by atoms with Gasteiger partial charge in [-0.05, 0) is 12.1 Å². The van der Waals surface area contributed by atoms with Gasteiger partial charge in [0.1, 0.15) is 11.4 Å². The van der Waals surface area contributed by atoms with Crippen LogP contribution in [0.4, 0.5) is 19.1 Å². The van der Waals surface area contributed by atoms with E-state index in [1.165, 1.54) is 0 Å². The molecule has 0 bridgehead atoms. The summed E-state index contributed by atoms with van der Waals surface area (Å²) < 4.78 is 44.3. The third-order valence-corrected chi connectivity index (χ3v) is 5.38. The number of aryl methyl sites for hydroxylation is 1. The summed E-state index contributed by atoms with van der Waals surface area (Å²) in [5.41, 5.74) is 3.26. The standard InChI is InChI=1S/C22H25N5O3.C2HF3O2/c1-26-15-17(18-13-24-22(25-14-18)27-7-9-30-10-8-27)11-19(26)21(28)23-12-16-5-3-4-6-20(16)29-2;3-2(4,5)1(6)7/h3-6,11,13-15H,7-10,12H2,1-2H3,(H,23,28);(H,6,7). The summed E-state index contributed by atoms with van der Waals surface area (Å²) in [4.78, 5) is 32.7. The number of hydrogen-bond donors (Lipinski definition) is 2. The van der Waals surface area contributed by atoms with Crippen LogP contribution < -0.4 is 15.0 Å². The Hall–Kier alpha value is -4.13. The molecule has 1 amide bonds. The van der Waals surface area contributed by atoms with E-state index in [2.05, 4.69) is 20.2 Å². The van der Waals surface area contributed by atoms with Crippen molar-refractivity contribution < 1.29 is 37.3 Å². The van der Waals surface area contributed by atoms with Gasteiger partial charge in [0.05, 0.1) is 20.3 Å². The van der Waals surface area contributed by atoms with Crippen LogP contribution in [0.1, 0.15) is 16.1 Å². The number of rotatable bonds is 6. The number of halogens is 3. The number of para-hydroxylation sites is 1. The van der Waals surface area contributed by atoms with Gasteiger partial charge in [0.15, 0.2) is 0 Å². The minimum atomic E-state index is -5.08. The van der Waals surface area contributed by atoms with Crippen LogP contribution in [0.3, 0.4) is 0 Å². The van der Waals surface area contributed by atoms with Crippen LogP contribution in [0, 0.1) is 0 Å². The Morgan fingerprint density at radius 3 is 2.35 bits per heavy atom. The SMILES string of the molecule is COc1ccccc1CNC(=O)c1cc(-c2cnc(N3CCOCC3)nc2)cn1C.O=C(O)C(F)(F)F. The zero-order valence-corrected chi connectivity index (χ0v) is 20.2. The maximum absolute atomic E-state index is 12.7. The molecule has 37 heavy (non-hydrogen) atoms. The predicted molar refractivity (Wildman–Crippen MR) is 127 cm³/mol. The van der Waals surface area contributed by atoms with Gasteiger partial charge in [-0.1, -0.05) is 18.2 Å². The zero-order chi connectivity index (χ0) is 27.0. The highest BCUT2D eigenvalue weighted by Crippen LogP contribution is 2.22. The Labute approximate surface area is 210 Å². The number of nitrogens with one attached hydrogen (secondary N) is 1. The number of aromatic nitrogens is 3. The smallest absolute Gasteiger partial charge is 0.490 e. The molecule has 1 saturated heterocycles. The number of carboxylic acids is 1. The summed E-state index contributed by atoms with van der Waals surface area (Å²) in [5, 5.41) is 10.1. The number of ether oxygens (including phenoxy) is 2. The van der Waals surface area contributed by atoms with E-state index in [0.717, 1.165) is 35.5 Å².